The molecule has 1 heterocycles. The highest BCUT2D eigenvalue weighted by Crippen LogP contribution is 2.26. The third-order valence-corrected chi connectivity index (χ3v) is 8.20. The lowest BCUT2D eigenvalue weighted by Crippen LogP contribution is -2.31. The summed E-state index contributed by atoms with van der Waals surface area (Å²) in [6.45, 7) is 13.7. The van der Waals surface area contributed by atoms with Crippen LogP contribution < -0.4 is 5.32 Å². The van der Waals surface area contributed by atoms with E-state index in [4.69, 9.17) is 0 Å². The molecule has 1 N–H and O–H groups in total. The van der Waals surface area contributed by atoms with E-state index in [9.17, 15) is 13.2 Å². The van der Waals surface area contributed by atoms with E-state index in [0.29, 0.717) is 29.5 Å². The Balaban J connectivity index is 2.21. The van der Waals surface area contributed by atoms with Gasteiger partial charge < -0.3 is 5.32 Å². The van der Waals surface area contributed by atoms with Crippen molar-refractivity contribution >= 4 is 33.4 Å². The molecule has 1 atom stereocenters. The number of sulfonamides is 1. The van der Waals surface area contributed by atoms with Gasteiger partial charge in [0.05, 0.1) is 10.1 Å². The predicted octanol–water partition coefficient (Wildman–Crippen LogP) is 3.86. The Morgan fingerprint density at radius 3 is 2.20 bits per heavy atom. The van der Waals surface area contributed by atoms with Crippen molar-refractivity contribution in [2.45, 2.75) is 63.8 Å². The van der Waals surface area contributed by atoms with Crippen molar-refractivity contribution in [1.82, 2.24) is 14.3 Å². The predicted molar refractivity (Wildman–Crippen MR) is 121 cm³/mol. The lowest BCUT2D eigenvalue weighted by Gasteiger charge is -2.20. The summed E-state index contributed by atoms with van der Waals surface area (Å²) in [5.41, 5.74) is 3.91. The molecule has 2 aromatic rings. The molecule has 0 fully saturated rings. The van der Waals surface area contributed by atoms with Gasteiger partial charge in [-0.15, -0.1) is 0 Å². The van der Waals surface area contributed by atoms with E-state index >= 15 is 0 Å². The van der Waals surface area contributed by atoms with Crippen LogP contribution in [0.15, 0.2) is 28.3 Å². The Hall–Kier alpha value is -1.97. The molecular weight excluding hydrogens is 420 g/mol. The number of thioether (sulfide) groups is 1. The largest absolute Gasteiger partial charge is 0.325 e. The zero-order valence-corrected chi connectivity index (χ0v) is 20.2. The molecule has 164 valence electrons. The zero-order chi connectivity index (χ0) is 22.6. The van der Waals surface area contributed by atoms with Gasteiger partial charge >= 0.3 is 0 Å². The molecule has 0 aliphatic heterocycles. The van der Waals surface area contributed by atoms with Crippen LogP contribution in [-0.4, -0.2) is 46.9 Å². The molecule has 0 aliphatic rings. The van der Waals surface area contributed by atoms with E-state index in [1.165, 1.54) is 22.1 Å². The molecule has 30 heavy (non-hydrogen) atoms. The first kappa shape index (κ1) is 24.3. The number of nitrogens with one attached hydrogen (secondary N) is 1. The molecule has 1 aromatic carbocycles. The number of benzene rings is 1. The Morgan fingerprint density at radius 1 is 1.10 bits per heavy atom. The Kier molecular flexibility index (Phi) is 8.01. The smallest absolute Gasteiger partial charge is 0.243 e. The van der Waals surface area contributed by atoms with E-state index in [2.05, 4.69) is 15.3 Å². The second-order valence-electron chi connectivity index (χ2n) is 7.12. The van der Waals surface area contributed by atoms with E-state index in [1.54, 1.807) is 39.8 Å². The highest BCUT2D eigenvalue weighted by molar-refractivity contribution is 8.00. The van der Waals surface area contributed by atoms with Crippen LogP contribution in [0.3, 0.4) is 0 Å². The first-order valence-corrected chi connectivity index (χ1v) is 12.2. The number of carbonyl (C=O) groups excluding carboxylic acids is 1. The van der Waals surface area contributed by atoms with Crippen molar-refractivity contribution in [3.05, 3.63) is 40.7 Å². The van der Waals surface area contributed by atoms with E-state index in [-0.39, 0.29) is 10.8 Å². The van der Waals surface area contributed by atoms with Crippen molar-refractivity contribution in [1.29, 1.82) is 0 Å². The molecule has 0 saturated heterocycles. The van der Waals surface area contributed by atoms with Crippen molar-refractivity contribution in [3.8, 4) is 0 Å². The average molecular weight is 451 g/mol. The SMILES string of the molecule is CCN(CC)S(=O)(=O)c1cc(NC(=O)C(C)Sc2nc(C)c(C)c(C)n2)ccc1C. The fraction of sp³-hybridized carbons (Fsp3) is 0.476. The highest BCUT2D eigenvalue weighted by Gasteiger charge is 2.24. The van der Waals surface area contributed by atoms with Crippen molar-refractivity contribution in [3.63, 3.8) is 0 Å². The lowest BCUT2D eigenvalue weighted by molar-refractivity contribution is -0.115. The van der Waals surface area contributed by atoms with Gasteiger partial charge in [0, 0.05) is 30.2 Å². The number of hydrogen-bond donors (Lipinski definition) is 1. The van der Waals surface area contributed by atoms with E-state index in [0.717, 1.165) is 17.0 Å². The molecule has 0 radical (unpaired) electrons. The fourth-order valence-corrected chi connectivity index (χ4v) is 5.48. The number of aromatic nitrogens is 2. The quantitative estimate of drug-likeness (QED) is 0.485. The van der Waals surface area contributed by atoms with Gasteiger partial charge in [-0.05, 0) is 57.9 Å². The normalized spacial score (nSPS) is 12.8. The summed E-state index contributed by atoms with van der Waals surface area (Å²) < 4.78 is 27.2. The molecule has 1 amide bonds. The van der Waals surface area contributed by atoms with Crippen LogP contribution in [0.5, 0.6) is 0 Å². The summed E-state index contributed by atoms with van der Waals surface area (Å²) in [5.74, 6) is -0.241. The molecule has 0 saturated carbocycles. The van der Waals surface area contributed by atoms with Crippen molar-refractivity contribution < 1.29 is 13.2 Å². The second-order valence-corrected chi connectivity index (χ2v) is 10.3. The maximum absolute atomic E-state index is 12.9. The van der Waals surface area contributed by atoms with Gasteiger partial charge in [-0.1, -0.05) is 31.7 Å². The summed E-state index contributed by atoms with van der Waals surface area (Å²) >= 11 is 1.27. The minimum absolute atomic E-state index is 0.206. The lowest BCUT2D eigenvalue weighted by atomic mass is 10.2. The Morgan fingerprint density at radius 2 is 1.67 bits per heavy atom. The molecule has 9 heteroatoms. The molecule has 2 rings (SSSR count). The van der Waals surface area contributed by atoms with Crippen LogP contribution in [-0.2, 0) is 14.8 Å². The summed E-state index contributed by atoms with van der Waals surface area (Å²) in [6, 6.07) is 4.94. The molecule has 1 aromatic heterocycles. The van der Waals surface area contributed by atoms with Gasteiger partial charge in [0.25, 0.3) is 0 Å². The molecule has 7 nitrogen and oxygen atoms in total. The van der Waals surface area contributed by atoms with Gasteiger partial charge in [0.2, 0.25) is 15.9 Å². The van der Waals surface area contributed by atoms with Crippen LogP contribution >= 0.6 is 11.8 Å². The van der Waals surface area contributed by atoms with Gasteiger partial charge in [0.1, 0.15) is 0 Å². The van der Waals surface area contributed by atoms with Crippen LogP contribution in [0, 0.1) is 27.7 Å². The summed E-state index contributed by atoms with van der Waals surface area (Å²) in [6.07, 6.45) is 0. The number of amides is 1. The summed E-state index contributed by atoms with van der Waals surface area (Å²) in [5, 5.41) is 2.92. The Bertz CT molecular complexity index is 1010. The van der Waals surface area contributed by atoms with Crippen LogP contribution in [0.1, 0.15) is 43.3 Å². The third kappa shape index (κ3) is 5.39. The van der Waals surface area contributed by atoms with Crippen molar-refractivity contribution in [2.24, 2.45) is 0 Å². The fourth-order valence-electron chi connectivity index (χ4n) is 2.91. The average Bonchev–Trinajstić information content (AvgIpc) is 2.68. The van der Waals surface area contributed by atoms with Crippen LogP contribution in [0.25, 0.3) is 0 Å². The van der Waals surface area contributed by atoms with Gasteiger partial charge in [0.15, 0.2) is 5.16 Å². The number of hydrogen-bond acceptors (Lipinski definition) is 6. The van der Waals surface area contributed by atoms with Crippen LogP contribution in [0.2, 0.25) is 0 Å². The van der Waals surface area contributed by atoms with Gasteiger partial charge in [-0.2, -0.15) is 4.31 Å². The third-order valence-electron chi connectivity index (χ3n) is 5.04. The maximum atomic E-state index is 12.9. The molecule has 0 aliphatic carbocycles. The number of anilines is 1. The topological polar surface area (TPSA) is 92.3 Å². The second kappa shape index (κ2) is 9.89. The standard InChI is InChI=1S/C21H30N4O3S2/c1-8-25(9-2)30(27,28)19-12-18(11-10-13(19)3)24-20(26)17(7)29-21-22-15(5)14(4)16(6)23-21/h10-12,17H,8-9H2,1-7H3,(H,24,26). The number of carbonyl (C=O) groups is 1. The number of nitrogens with zero attached hydrogens (tertiary/aromatic N) is 3. The first-order valence-electron chi connectivity index (χ1n) is 9.91. The van der Waals surface area contributed by atoms with Gasteiger partial charge in [-0.3, -0.25) is 4.79 Å². The molecule has 0 spiro atoms. The van der Waals surface area contributed by atoms with Gasteiger partial charge in [-0.25, -0.2) is 18.4 Å². The highest BCUT2D eigenvalue weighted by atomic mass is 32.2. The van der Waals surface area contributed by atoms with Crippen molar-refractivity contribution in [2.75, 3.05) is 18.4 Å². The van der Waals surface area contributed by atoms with E-state index in [1.807, 2.05) is 20.8 Å². The zero-order valence-electron chi connectivity index (χ0n) is 18.6. The molecule has 1 unspecified atom stereocenters. The van der Waals surface area contributed by atoms with Crippen LogP contribution in [0.4, 0.5) is 5.69 Å². The number of aryl methyl sites for hydroxylation is 3. The minimum Gasteiger partial charge on any atom is -0.325 e. The maximum Gasteiger partial charge on any atom is 0.243 e. The number of rotatable bonds is 8. The summed E-state index contributed by atoms with van der Waals surface area (Å²) in [4.78, 5) is 21.8. The first-order chi connectivity index (χ1) is 14.0. The van der Waals surface area contributed by atoms with E-state index < -0.39 is 15.3 Å². The Labute approximate surface area is 183 Å². The monoisotopic (exact) mass is 450 g/mol. The minimum atomic E-state index is -3.62. The summed E-state index contributed by atoms with van der Waals surface area (Å²) in [7, 11) is -3.62. The molecule has 0 bridgehead atoms. The molecular formula is C21H30N4O3S2.